The fourth-order valence-electron chi connectivity index (χ4n) is 1.36. The van der Waals surface area contributed by atoms with Gasteiger partial charge >= 0.3 is 11.7 Å². The Morgan fingerprint density at radius 1 is 1.56 bits per heavy atom. The summed E-state index contributed by atoms with van der Waals surface area (Å²) < 4.78 is 0. The van der Waals surface area contributed by atoms with Crippen molar-refractivity contribution in [3.05, 3.63) is 39.3 Å². The molecule has 6 heteroatoms. The zero-order valence-corrected chi connectivity index (χ0v) is 9.17. The first-order chi connectivity index (χ1) is 7.59. The number of aryl methyl sites for hydroxylation is 1. The average molecular weight is 236 g/mol. The number of thiophene rings is 1. The molecular weight excluding hydrogens is 228 g/mol. The molecule has 0 bridgehead atoms. The second kappa shape index (κ2) is 3.90. The van der Waals surface area contributed by atoms with Crippen LogP contribution in [0, 0.1) is 6.92 Å². The van der Waals surface area contributed by atoms with Crippen molar-refractivity contribution in [3.63, 3.8) is 0 Å². The molecule has 0 aliphatic carbocycles. The highest BCUT2D eigenvalue weighted by Crippen LogP contribution is 2.28. The minimum absolute atomic E-state index is 0.00477. The Hall–Kier alpha value is -1.95. The third-order valence-electron chi connectivity index (χ3n) is 2.13. The third-order valence-corrected chi connectivity index (χ3v) is 3.17. The molecule has 0 atom stereocenters. The highest BCUT2D eigenvalue weighted by Gasteiger charge is 2.15. The van der Waals surface area contributed by atoms with Crippen LogP contribution in [0.15, 0.2) is 22.4 Å². The van der Waals surface area contributed by atoms with E-state index in [1.165, 1.54) is 11.3 Å². The molecule has 0 saturated carbocycles. The summed E-state index contributed by atoms with van der Waals surface area (Å²) in [7, 11) is 0. The fraction of sp³-hybridized carbons (Fsp3) is 0.100. The highest BCUT2D eigenvalue weighted by atomic mass is 32.1. The van der Waals surface area contributed by atoms with Gasteiger partial charge < -0.3 is 10.1 Å². The molecule has 0 aromatic carbocycles. The van der Waals surface area contributed by atoms with Crippen molar-refractivity contribution >= 4 is 17.3 Å². The summed E-state index contributed by atoms with van der Waals surface area (Å²) >= 11 is 1.38. The number of aromatic nitrogens is 2. The summed E-state index contributed by atoms with van der Waals surface area (Å²) in [5.74, 6) is -1.11. The van der Waals surface area contributed by atoms with E-state index in [9.17, 15) is 9.59 Å². The standard InChI is InChI=1S/C10H8N2O3S/c1-5-2-3-16-8(5)7-6(9(13)14)4-11-10(15)12-7/h2-4H,1H3,(H,13,14)(H,11,12,15). The van der Waals surface area contributed by atoms with Gasteiger partial charge in [0.2, 0.25) is 0 Å². The molecule has 16 heavy (non-hydrogen) atoms. The second-order valence-electron chi connectivity index (χ2n) is 3.21. The van der Waals surface area contributed by atoms with Gasteiger partial charge in [0.1, 0.15) is 5.56 Å². The molecule has 0 spiro atoms. The van der Waals surface area contributed by atoms with Crippen LogP contribution in [0.2, 0.25) is 0 Å². The largest absolute Gasteiger partial charge is 0.478 e. The molecule has 0 amide bonds. The van der Waals surface area contributed by atoms with E-state index in [0.29, 0.717) is 5.69 Å². The molecule has 2 rings (SSSR count). The minimum atomic E-state index is -1.11. The Balaban J connectivity index is 2.72. The molecule has 2 heterocycles. The molecule has 2 N–H and O–H groups in total. The van der Waals surface area contributed by atoms with Crippen LogP contribution in [0.5, 0.6) is 0 Å². The Morgan fingerprint density at radius 3 is 2.88 bits per heavy atom. The Morgan fingerprint density at radius 2 is 2.31 bits per heavy atom. The summed E-state index contributed by atoms with van der Waals surface area (Å²) in [6.45, 7) is 1.86. The maximum absolute atomic E-state index is 11.1. The number of aromatic carboxylic acids is 1. The van der Waals surface area contributed by atoms with E-state index in [0.717, 1.165) is 16.6 Å². The topological polar surface area (TPSA) is 83.0 Å². The smallest absolute Gasteiger partial charge is 0.345 e. The summed E-state index contributed by atoms with van der Waals surface area (Å²) in [5.41, 5.74) is 0.701. The maximum Gasteiger partial charge on any atom is 0.345 e. The number of hydrogen-bond donors (Lipinski definition) is 2. The van der Waals surface area contributed by atoms with Crippen molar-refractivity contribution < 1.29 is 9.90 Å². The molecule has 2 aromatic heterocycles. The minimum Gasteiger partial charge on any atom is -0.478 e. The molecule has 82 valence electrons. The third kappa shape index (κ3) is 1.74. The number of carbonyl (C=O) groups is 1. The molecule has 0 fully saturated rings. The van der Waals surface area contributed by atoms with Crippen molar-refractivity contribution in [2.24, 2.45) is 0 Å². The number of carboxylic acids is 1. The van der Waals surface area contributed by atoms with Crippen molar-refractivity contribution in [1.82, 2.24) is 9.97 Å². The van der Waals surface area contributed by atoms with Crippen LogP contribution in [0.3, 0.4) is 0 Å². The lowest BCUT2D eigenvalue weighted by Gasteiger charge is -2.03. The van der Waals surface area contributed by atoms with Crippen LogP contribution < -0.4 is 5.69 Å². The second-order valence-corrected chi connectivity index (χ2v) is 4.13. The first-order valence-corrected chi connectivity index (χ1v) is 5.34. The normalized spacial score (nSPS) is 10.3. The predicted octanol–water partition coefficient (Wildman–Crippen LogP) is 1.51. The van der Waals surface area contributed by atoms with Gasteiger partial charge in [-0.3, -0.25) is 0 Å². The summed E-state index contributed by atoms with van der Waals surface area (Å²) in [4.78, 5) is 28.7. The zero-order valence-electron chi connectivity index (χ0n) is 8.35. The molecule has 5 nitrogen and oxygen atoms in total. The molecule has 0 radical (unpaired) electrons. The van der Waals surface area contributed by atoms with Crippen LogP contribution in [0.4, 0.5) is 0 Å². The summed E-state index contributed by atoms with van der Waals surface area (Å²) in [6, 6.07) is 1.87. The van der Waals surface area contributed by atoms with Crippen molar-refractivity contribution in [3.8, 4) is 10.6 Å². The van der Waals surface area contributed by atoms with E-state index >= 15 is 0 Å². The monoisotopic (exact) mass is 236 g/mol. The van der Waals surface area contributed by atoms with Gasteiger partial charge in [-0.25, -0.2) is 14.6 Å². The van der Waals surface area contributed by atoms with Crippen molar-refractivity contribution in [2.75, 3.05) is 0 Å². The van der Waals surface area contributed by atoms with E-state index in [1.807, 2.05) is 18.4 Å². The van der Waals surface area contributed by atoms with Crippen molar-refractivity contribution in [1.29, 1.82) is 0 Å². The predicted molar refractivity (Wildman–Crippen MR) is 59.9 cm³/mol. The molecule has 0 saturated heterocycles. The average Bonchev–Trinajstić information content (AvgIpc) is 2.63. The van der Waals surface area contributed by atoms with Crippen LogP contribution in [0.25, 0.3) is 10.6 Å². The lowest BCUT2D eigenvalue weighted by molar-refractivity contribution is 0.0697. The van der Waals surface area contributed by atoms with Gasteiger partial charge in [0.25, 0.3) is 0 Å². The lowest BCUT2D eigenvalue weighted by atomic mass is 10.1. The van der Waals surface area contributed by atoms with E-state index in [-0.39, 0.29) is 5.56 Å². The van der Waals surface area contributed by atoms with Gasteiger partial charge in [-0.15, -0.1) is 11.3 Å². The lowest BCUT2D eigenvalue weighted by Crippen LogP contribution is -2.14. The van der Waals surface area contributed by atoms with Crippen LogP contribution >= 0.6 is 11.3 Å². The molecular formula is C10H8N2O3S. The summed E-state index contributed by atoms with van der Waals surface area (Å²) in [6.07, 6.45) is 1.08. The highest BCUT2D eigenvalue weighted by molar-refractivity contribution is 7.13. The van der Waals surface area contributed by atoms with E-state index < -0.39 is 11.7 Å². The van der Waals surface area contributed by atoms with Gasteiger partial charge in [-0.1, -0.05) is 0 Å². The van der Waals surface area contributed by atoms with E-state index in [4.69, 9.17) is 5.11 Å². The van der Waals surface area contributed by atoms with Gasteiger partial charge in [0.15, 0.2) is 0 Å². The van der Waals surface area contributed by atoms with Gasteiger partial charge in [0.05, 0.1) is 10.6 Å². The Labute approximate surface area is 94.4 Å². The van der Waals surface area contributed by atoms with Crippen LogP contribution in [-0.4, -0.2) is 21.0 Å². The summed E-state index contributed by atoms with van der Waals surface area (Å²) in [5, 5.41) is 10.8. The van der Waals surface area contributed by atoms with Crippen LogP contribution in [-0.2, 0) is 0 Å². The van der Waals surface area contributed by atoms with Gasteiger partial charge in [-0.2, -0.15) is 0 Å². The molecule has 0 aliphatic rings. The quantitative estimate of drug-likeness (QED) is 0.827. The maximum atomic E-state index is 11.1. The zero-order chi connectivity index (χ0) is 11.7. The molecule has 0 aliphatic heterocycles. The van der Waals surface area contributed by atoms with E-state index in [2.05, 4.69) is 9.97 Å². The van der Waals surface area contributed by atoms with Crippen LogP contribution in [0.1, 0.15) is 15.9 Å². The number of aromatic amines is 1. The first-order valence-electron chi connectivity index (χ1n) is 4.46. The van der Waals surface area contributed by atoms with E-state index in [1.54, 1.807) is 0 Å². The SMILES string of the molecule is Cc1ccsc1-c1[nH]c(=O)ncc1C(=O)O. The fourth-order valence-corrected chi connectivity index (χ4v) is 2.31. The number of nitrogens with one attached hydrogen (secondary N) is 1. The number of rotatable bonds is 2. The number of H-pyrrole nitrogens is 1. The number of carboxylic acid groups (broad SMARTS) is 1. The Kier molecular flexibility index (Phi) is 2.57. The first kappa shape index (κ1) is 10.6. The van der Waals surface area contributed by atoms with Crippen molar-refractivity contribution in [2.45, 2.75) is 6.92 Å². The van der Waals surface area contributed by atoms with Gasteiger partial charge in [-0.05, 0) is 23.9 Å². The molecule has 2 aromatic rings. The van der Waals surface area contributed by atoms with Gasteiger partial charge in [0, 0.05) is 6.20 Å². The Bertz CT molecular complexity index is 600. The number of hydrogen-bond acceptors (Lipinski definition) is 4. The molecule has 0 unspecified atom stereocenters. The number of nitrogens with zero attached hydrogens (tertiary/aromatic N) is 1.